The highest BCUT2D eigenvalue weighted by Crippen LogP contribution is 2.28. The van der Waals surface area contributed by atoms with Crippen molar-refractivity contribution in [3.63, 3.8) is 0 Å². The van der Waals surface area contributed by atoms with Crippen LogP contribution in [0.3, 0.4) is 0 Å². The fourth-order valence-corrected chi connectivity index (χ4v) is 1.75. The van der Waals surface area contributed by atoms with Gasteiger partial charge < -0.3 is 9.15 Å². The van der Waals surface area contributed by atoms with Gasteiger partial charge >= 0.3 is 5.97 Å². The van der Waals surface area contributed by atoms with Gasteiger partial charge in [0.05, 0.1) is 12.7 Å². The quantitative estimate of drug-likeness (QED) is 0.791. The molecule has 16 heavy (non-hydrogen) atoms. The summed E-state index contributed by atoms with van der Waals surface area (Å²) < 4.78 is 10.8. The van der Waals surface area contributed by atoms with Crippen molar-refractivity contribution in [1.82, 2.24) is 0 Å². The maximum atomic E-state index is 11.5. The molecule has 0 unspecified atom stereocenters. The fourth-order valence-electron chi connectivity index (χ4n) is 1.44. The van der Waals surface area contributed by atoms with Crippen LogP contribution in [0.1, 0.15) is 10.4 Å². The molecule has 3 nitrogen and oxygen atoms in total. The maximum Gasteiger partial charge on any atom is 0.338 e. The second kappa shape index (κ2) is 4.53. The van der Waals surface area contributed by atoms with Crippen molar-refractivity contribution in [1.29, 1.82) is 0 Å². The van der Waals surface area contributed by atoms with Crippen LogP contribution in [0.15, 0.2) is 45.5 Å². The van der Waals surface area contributed by atoms with Crippen LogP contribution in [0.25, 0.3) is 11.3 Å². The molecule has 0 radical (unpaired) electrons. The highest BCUT2D eigenvalue weighted by Gasteiger charge is 2.14. The Kier molecular flexibility index (Phi) is 3.10. The van der Waals surface area contributed by atoms with Gasteiger partial charge in [-0.2, -0.15) is 0 Å². The number of hydrogen-bond donors (Lipinski definition) is 0. The number of hydrogen-bond acceptors (Lipinski definition) is 3. The predicted octanol–water partition coefficient (Wildman–Crippen LogP) is 3.50. The van der Waals surface area contributed by atoms with Crippen molar-refractivity contribution in [2.75, 3.05) is 7.11 Å². The third kappa shape index (κ3) is 2.02. The lowest BCUT2D eigenvalue weighted by Gasteiger charge is -2.04. The summed E-state index contributed by atoms with van der Waals surface area (Å²) in [6.07, 6.45) is 0. The Hall–Kier alpha value is -1.55. The monoisotopic (exact) mass is 280 g/mol. The van der Waals surface area contributed by atoms with E-state index in [2.05, 4.69) is 15.9 Å². The Morgan fingerprint density at radius 3 is 2.62 bits per heavy atom. The van der Waals surface area contributed by atoms with Gasteiger partial charge in [-0.15, -0.1) is 0 Å². The summed E-state index contributed by atoms with van der Waals surface area (Å²) in [5, 5.41) is 0. The number of methoxy groups -OCH3 is 1. The van der Waals surface area contributed by atoms with E-state index in [-0.39, 0.29) is 5.97 Å². The Morgan fingerprint density at radius 1 is 1.25 bits per heavy atom. The molecule has 4 heteroatoms. The second-order valence-electron chi connectivity index (χ2n) is 3.14. The van der Waals surface area contributed by atoms with Crippen molar-refractivity contribution in [2.24, 2.45) is 0 Å². The zero-order valence-corrected chi connectivity index (χ0v) is 10.2. The number of benzene rings is 1. The lowest BCUT2D eigenvalue weighted by Crippen LogP contribution is -2.02. The average molecular weight is 281 g/mol. The van der Waals surface area contributed by atoms with Crippen molar-refractivity contribution < 1.29 is 13.9 Å². The number of halogens is 1. The lowest BCUT2D eigenvalue weighted by atomic mass is 10.1. The van der Waals surface area contributed by atoms with E-state index in [1.54, 1.807) is 24.3 Å². The van der Waals surface area contributed by atoms with Crippen LogP contribution in [-0.4, -0.2) is 13.1 Å². The number of furan rings is 1. The molecular weight excluding hydrogens is 272 g/mol. The van der Waals surface area contributed by atoms with Gasteiger partial charge in [0.2, 0.25) is 0 Å². The Morgan fingerprint density at radius 2 is 2.00 bits per heavy atom. The Bertz CT molecular complexity index is 516. The van der Waals surface area contributed by atoms with E-state index in [1.165, 1.54) is 7.11 Å². The van der Waals surface area contributed by atoms with Gasteiger partial charge in [-0.05, 0) is 34.1 Å². The van der Waals surface area contributed by atoms with E-state index < -0.39 is 0 Å². The third-order valence-electron chi connectivity index (χ3n) is 2.17. The topological polar surface area (TPSA) is 39.4 Å². The first-order valence-electron chi connectivity index (χ1n) is 4.65. The fraction of sp³-hybridized carbons (Fsp3) is 0.0833. The van der Waals surface area contributed by atoms with Crippen LogP contribution < -0.4 is 0 Å². The number of rotatable bonds is 2. The molecule has 0 spiro atoms. The summed E-state index contributed by atoms with van der Waals surface area (Å²) in [5.74, 6) is 0.260. The molecule has 2 aromatic rings. The van der Waals surface area contributed by atoms with Crippen LogP contribution in [0, 0.1) is 0 Å². The smallest absolute Gasteiger partial charge is 0.338 e. The van der Waals surface area contributed by atoms with Gasteiger partial charge in [-0.1, -0.05) is 18.2 Å². The van der Waals surface area contributed by atoms with Crippen LogP contribution in [-0.2, 0) is 4.74 Å². The van der Waals surface area contributed by atoms with Gasteiger partial charge in [-0.3, -0.25) is 0 Å². The van der Waals surface area contributed by atoms with Crippen LogP contribution in [0.2, 0.25) is 0 Å². The molecule has 0 N–H and O–H groups in total. The van der Waals surface area contributed by atoms with Crippen molar-refractivity contribution in [3.05, 3.63) is 46.6 Å². The zero-order valence-electron chi connectivity index (χ0n) is 8.57. The van der Waals surface area contributed by atoms with E-state index >= 15 is 0 Å². The largest absolute Gasteiger partial charge is 0.465 e. The summed E-state index contributed by atoms with van der Waals surface area (Å²) in [4.78, 5) is 11.5. The Labute approximate surface area is 101 Å². The van der Waals surface area contributed by atoms with Gasteiger partial charge in [0, 0.05) is 5.56 Å². The molecule has 0 atom stereocenters. The van der Waals surface area contributed by atoms with Crippen LogP contribution in [0.4, 0.5) is 0 Å². The highest BCUT2D eigenvalue weighted by atomic mass is 79.9. The third-order valence-corrected chi connectivity index (χ3v) is 2.60. The summed E-state index contributed by atoms with van der Waals surface area (Å²) in [5.41, 5.74) is 1.21. The number of esters is 1. The molecular formula is C12H9BrO3. The van der Waals surface area contributed by atoms with Crippen LogP contribution >= 0.6 is 15.9 Å². The molecule has 82 valence electrons. The van der Waals surface area contributed by atoms with Gasteiger partial charge in [-0.25, -0.2) is 4.79 Å². The highest BCUT2D eigenvalue weighted by molar-refractivity contribution is 9.10. The van der Waals surface area contributed by atoms with Crippen molar-refractivity contribution in [3.8, 4) is 11.3 Å². The molecule has 0 aliphatic carbocycles. The van der Waals surface area contributed by atoms with Gasteiger partial charge in [0.25, 0.3) is 0 Å². The minimum Gasteiger partial charge on any atom is -0.465 e. The molecule has 0 saturated heterocycles. The van der Waals surface area contributed by atoms with Crippen LogP contribution in [0.5, 0.6) is 0 Å². The summed E-state index contributed by atoms with van der Waals surface area (Å²) in [6, 6.07) is 10.7. The predicted molar refractivity (Wildman–Crippen MR) is 63.2 cm³/mol. The average Bonchev–Trinajstić information content (AvgIpc) is 2.75. The molecule has 0 amide bonds. The lowest BCUT2D eigenvalue weighted by molar-refractivity contribution is 0.0601. The standard InChI is InChI=1S/C12H9BrO3/c1-15-12(14)9-5-3-2-4-8(9)10-6-7-11(13)16-10/h2-7H,1H3. The van der Waals surface area contributed by atoms with Gasteiger partial charge in [0.1, 0.15) is 5.76 Å². The first kappa shape index (κ1) is 11.0. The first-order chi connectivity index (χ1) is 7.72. The SMILES string of the molecule is COC(=O)c1ccccc1-c1ccc(Br)o1. The minimum absolute atomic E-state index is 0.372. The molecule has 0 fully saturated rings. The normalized spacial score (nSPS) is 10.1. The summed E-state index contributed by atoms with van der Waals surface area (Å²) >= 11 is 3.23. The van der Waals surface area contributed by atoms with E-state index in [9.17, 15) is 4.79 Å². The molecule has 0 bridgehead atoms. The summed E-state index contributed by atoms with van der Waals surface area (Å²) in [7, 11) is 1.36. The Balaban J connectivity index is 2.52. The zero-order chi connectivity index (χ0) is 11.5. The van der Waals surface area contributed by atoms with E-state index in [1.807, 2.05) is 12.1 Å². The number of carbonyl (C=O) groups is 1. The molecule has 0 aliphatic heterocycles. The maximum absolute atomic E-state index is 11.5. The summed E-state index contributed by atoms with van der Waals surface area (Å²) in [6.45, 7) is 0. The molecule has 0 saturated carbocycles. The molecule has 2 rings (SSSR count). The minimum atomic E-state index is -0.372. The van der Waals surface area contributed by atoms with Crippen molar-refractivity contribution in [2.45, 2.75) is 0 Å². The number of carbonyl (C=O) groups excluding carboxylic acids is 1. The first-order valence-corrected chi connectivity index (χ1v) is 5.44. The number of ether oxygens (including phenoxy) is 1. The molecule has 0 aliphatic rings. The van der Waals surface area contributed by atoms with E-state index in [0.717, 1.165) is 5.56 Å². The van der Waals surface area contributed by atoms with Gasteiger partial charge in [0.15, 0.2) is 4.67 Å². The second-order valence-corrected chi connectivity index (χ2v) is 3.92. The molecule has 1 aromatic carbocycles. The van der Waals surface area contributed by atoms with E-state index in [4.69, 9.17) is 9.15 Å². The molecule has 1 heterocycles. The van der Waals surface area contributed by atoms with E-state index in [0.29, 0.717) is 16.0 Å². The van der Waals surface area contributed by atoms with Crippen molar-refractivity contribution >= 4 is 21.9 Å². The molecule has 1 aromatic heterocycles.